The number of hydrogen-bond donors (Lipinski definition) is 0. The molecule has 0 saturated heterocycles. The fourth-order valence-electron chi connectivity index (χ4n) is 6.09. The predicted octanol–water partition coefficient (Wildman–Crippen LogP) is 15.9. The lowest BCUT2D eigenvalue weighted by Gasteiger charge is -2.18. The molecule has 0 aromatic heterocycles. The van der Waals surface area contributed by atoms with E-state index in [2.05, 4.69) is 112 Å². The van der Waals surface area contributed by atoms with Gasteiger partial charge in [0.15, 0.2) is 6.10 Å². The normalized spacial score (nSPS) is 13.1. The van der Waals surface area contributed by atoms with Gasteiger partial charge < -0.3 is 14.2 Å². The SMILES string of the molecule is CC/C=C\C/C=C\C/C=C\C/C=C\C/C=C\C/C=C\CCC(=O)OCC(COCCCCCCCC)OC(=O)CCCCCCCCC/C=C\C/C=C\CCCCC. The highest BCUT2D eigenvalue weighted by molar-refractivity contribution is 5.70. The molecule has 0 aliphatic rings. The third-order valence-corrected chi connectivity index (χ3v) is 9.62. The second kappa shape index (κ2) is 48.2. The Labute approximate surface area is 358 Å². The zero-order valence-corrected chi connectivity index (χ0v) is 37.8. The van der Waals surface area contributed by atoms with Gasteiger partial charge in [0, 0.05) is 19.4 Å². The van der Waals surface area contributed by atoms with Crippen molar-refractivity contribution in [2.45, 2.75) is 207 Å². The van der Waals surface area contributed by atoms with Crippen molar-refractivity contribution in [2.24, 2.45) is 0 Å². The third kappa shape index (κ3) is 45.5. The van der Waals surface area contributed by atoms with E-state index in [1.165, 1.54) is 77.0 Å². The Balaban J connectivity index is 4.26. The van der Waals surface area contributed by atoms with Crippen LogP contribution in [0.5, 0.6) is 0 Å². The number of allylic oxidation sites excluding steroid dienone is 16. The molecule has 0 aliphatic heterocycles. The highest BCUT2D eigenvalue weighted by atomic mass is 16.6. The summed E-state index contributed by atoms with van der Waals surface area (Å²) in [5.74, 6) is -0.511. The summed E-state index contributed by atoms with van der Waals surface area (Å²) in [5, 5.41) is 0. The molecule has 0 aliphatic carbocycles. The topological polar surface area (TPSA) is 61.8 Å². The molecule has 0 amide bonds. The molecule has 58 heavy (non-hydrogen) atoms. The van der Waals surface area contributed by atoms with Crippen molar-refractivity contribution in [3.05, 3.63) is 97.2 Å². The van der Waals surface area contributed by atoms with Gasteiger partial charge in [0.05, 0.1) is 6.61 Å². The van der Waals surface area contributed by atoms with E-state index < -0.39 is 6.10 Å². The summed E-state index contributed by atoms with van der Waals surface area (Å²) in [6.45, 7) is 7.55. The van der Waals surface area contributed by atoms with Crippen LogP contribution in [0.25, 0.3) is 0 Å². The van der Waals surface area contributed by atoms with E-state index in [-0.39, 0.29) is 25.2 Å². The number of ether oxygens (including phenoxy) is 3. The van der Waals surface area contributed by atoms with Gasteiger partial charge >= 0.3 is 11.9 Å². The Morgan fingerprint density at radius 1 is 0.397 bits per heavy atom. The van der Waals surface area contributed by atoms with Gasteiger partial charge in [0.25, 0.3) is 0 Å². The van der Waals surface area contributed by atoms with E-state index in [1.807, 2.05) is 6.08 Å². The van der Waals surface area contributed by atoms with Crippen LogP contribution in [0.2, 0.25) is 0 Å². The highest BCUT2D eigenvalue weighted by Gasteiger charge is 2.17. The van der Waals surface area contributed by atoms with Crippen molar-refractivity contribution in [3.8, 4) is 0 Å². The van der Waals surface area contributed by atoms with E-state index in [4.69, 9.17) is 14.2 Å². The molecule has 330 valence electrons. The molecule has 1 unspecified atom stereocenters. The van der Waals surface area contributed by atoms with Crippen molar-refractivity contribution in [1.82, 2.24) is 0 Å². The summed E-state index contributed by atoms with van der Waals surface area (Å²) in [4.78, 5) is 25.2. The highest BCUT2D eigenvalue weighted by Crippen LogP contribution is 2.12. The van der Waals surface area contributed by atoms with Crippen LogP contribution in [-0.4, -0.2) is 37.9 Å². The van der Waals surface area contributed by atoms with Gasteiger partial charge in [0.1, 0.15) is 6.61 Å². The minimum Gasteiger partial charge on any atom is -0.462 e. The molecule has 0 radical (unpaired) electrons. The maximum Gasteiger partial charge on any atom is 0.306 e. The van der Waals surface area contributed by atoms with Crippen LogP contribution in [-0.2, 0) is 23.8 Å². The molecule has 0 spiro atoms. The molecular formula is C53H88O5. The molecule has 5 nitrogen and oxygen atoms in total. The number of unbranched alkanes of at least 4 members (excludes halogenated alkanes) is 15. The minimum absolute atomic E-state index is 0.0375. The Morgan fingerprint density at radius 2 is 0.810 bits per heavy atom. The molecule has 0 aromatic carbocycles. The zero-order chi connectivity index (χ0) is 42.1. The average Bonchev–Trinajstić information content (AvgIpc) is 3.22. The molecule has 5 heteroatoms. The second-order valence-corrected chi connectivity index (χ2v) is 15.3. The molecule has 0 fully saturated rings. The fraction of sp³-hybridized carbons (Fsp3) is 0.660. The lowest BCUT2D eigenvalue weighted by molar-refractivity contribution is -0.162. The number of carbonyl (C=O) groups excluding carboxylic acids is 2. The summed E-state index contributed by atoms with van der Waals surface area (Å²) in [5.41, 5.74) is 0. The molecule has 0 N–H and O–H groups in total. The number of hydrogen-bond acceptors (Lipinski definition) is 5. The summed E-state index contributed by atoms with van der Waals surface area (Å²) >= 11 is 0. The maximum atomic E-state index is 12.7. The van der Waals surface area contributed by atoms with Gasteiger partial charge in [-0.2, -0.15) is 0 Å². The van der Waals surface area contributed by atoms with Gasteiger partial charge in [-0.1, -0.05) is 195 Å². The first-order chi connectivity index (χ1) is 28.6. The lowest BCUT2D eigenvalue weighted by Crippen LogP contribution is -2.30. The van der Waals surface area contributed by atoms with Gasteiger partial charge in [-0.05, 0) is 89.9 Å². The van der Waals surface area contributed by atoms with Crippen molar-refractivity contribution in [1.29, 1.82) is 0 Å². The Bertz CT molecular complexity index is 1140. The van der Waals surface area contributed by atoms with Crippen LogP contribution < -0.4 is 0 Å². The van der Waals surface area contributed by atoms with Crippen LogP contribution in [0.3, 0.4) is 0 Å². The van der Waals surface area contributed by atoms with E-state index in [9.17, 15) is 9.59 Å². The lowest BCUT2D eigenvalue weighted by atomic mass is 10.1. The maximum absolute atomic E-state index is 12.7. The smallest absolute Gasteiger partial charge is 0.306 e. The molecular weight excluding hydrogens is 717 g/mol. The third-order valence-electron chi connectivity index (χ3n) is 9.62. The van der Waals surface area contributed by atoms with Gasteiger partial charge in [-0.25, -0.2) is 0 Å². The van der Waals surface area contributed by atoms with Crippen LogP contribution in [0.15, 0.2) is 97.2 Å². The Morgan fingerprint density at radius 3 is 1.34 bits per heavy atom. The molecule has 0 aromatic rings. The predicted molar refractivity (Wildman–Crippen MR) is 251 cm³/mol. The van der Waals surface area contributed by atoms with E-state index in [0.29, 0.717) is 25.9 Å². The summed E-state index contributed by atoms with van der Waals surface area (Å²) in [6, 6.07) is 0. The van der Waals surface area contributed by atoms with Crippen LogP contribution >= 0.6 is 0 Å². The van der Waals surface area contributed by atoms with Crippen molar-refractivity contribution in [2.75, 3.05) is 19.8 Å². The molecule has 0 rings (SSSR count). The molecule has 0 saturated carbocycles. The zero-order valence-electron chi connectivity index (χ0n) is 37.8. The standard InChI is InChI=1S/C53H88O5/c1-4-7-10-13-16-18-20-22-24-26-27-29-30-32-34-36-38-40-43-46-52(54)57-50-51(49-56-48-45-42-15-12-9-6-3)58-53(55)47-44-41-39-37-35-33-31-28-25-23-21-19-17-14-11-8-5-2/h7,10,16-19,22-25,27,29,32,34,38,40,51H,4-6,8-9,11-15,20-21,26,28,30-31,33,35-37,39,41-50H2,1-3H3/b10-7-,18-16-,19-17-,24-22-,25-23-,29-27-,34-32-,40-38-. The first-order valence-corrected chi connectivity index (χ1v) is 23.8. The average molecular weight is 805 g/mol. The number of carbonyl (C=O) groups is 2. The van der Waals surface area contributed by atoms with E-state index in [1.54, 1.807) is 0 Å². The molecule has 1 atom stereocenters. The van der Waals surface area contributed by atoms with Crippen LogP contribution in [0, 0.1) is 0 Å². The van der Waals surface area contributed by atoms with Crippen molar-refractivity contribution < 1.29 is 23.8 Å². The monoisotopic (exact) mass is 805 g/mol. The summed E-state index contributed by atoms with van der Waals surface area (Å²) < 4.78 is 17.2. The van der Waals surface area contributed by atoms with Crippen molar-refractivity contribution in [3.63, 3.8) is 0 Å². The van der Waals surface area contributed by atoms with E-state index >= 15 is 0 Å². The Hall–Kier alpha value is -3.18. The Kier molecular flexibility index (Phi) is 45.5. The summed E-state index contributed by atoms with van der Waals surface area (Å²) in [6.07, 6.45) is 64.3. The quantitative estimate of drug-likeness (QED) is 0.0349. The second-order valence-electron chi connectivity index (χ2n) is 15.3. The van der Waals surface area contributed by atoms with Gasteiger partial charge in [0.2, 0.25) is 0 Å². The van der Waals surface area contributed by atoms with Crippen LogP contribution in [0.4, 0.5) is 0 Å². The minimum atomic E-state index is -0.571. The van der Waals surface area contributed by atoms with Crippen LogP contribution in [0.1, 0.15) is 201 Å². The first-order valence-electron chi connectivity index (χ1n) is 23.8. The largest absolute Gasteiger partial charge is 0.462 e. The molecule has 0 heterocycles. The summed E-state index contributed by atoms with van der Waals surface area (Å²) in [7, 11) is 0. The fourth-order valence-corrected chi connectivity index (χ4v) is 6.09. The van der Waals surface area contributed by atoms with E-state index in [0.717, 1.165) is 83.5 Å². The number of esters is 2. The van der Waals surface area contributed by atoms with Gasteiger partial charge in [-0.3, -0.25) is 9.59 Å². The number of rotatable bonds is 42. The first kappa shape index (κ1) is 54.8. The van der Waals surface area contributed by atoms with Gasteiger partial charge in [-0.15, -0.1) is 0 Å². The van der Waals surface area contributed by atoms with Crippen molar-refractivity contribution >= 4 is 11.9 Å². The molecule has 0 bridgehead atoms.